The van der Waals surface area contributed by atoms with E-state index in [1.54, 1.807) is 18.2 Å². The smallest absolute Gasteiger partial charge is 0.135 e. The van der Waals surface area contributed by atoms with Gasteiger partial charge in [0.05, 0.1) is 0 Å². The fourth-order valence-electron chi connectivity index (χ4n) is 2.36. The van der Waals surface area contributed by atoms with Crippen molar-refractivity contribution in [2.45, 2.75) is 6.67 Å². The molecule has 2 nitrogen and oxygen atoms in total. The first-order chi connectivity index (χ1) is 10.8. The Morgan fingerprint density at radius 1 is 0.864 bits per heavy atom. The Labute approximate surface area is 129 Å². The summed E-state index contributed by atoms with van der Waals surface area (Å²) in [5.41, 5.74) is 8.83. The Kier molecular flexibility index (Phi) is 4.05. The highest BCUT2D eigenvalue weighted by molar-refractivity contribution is 5.70. The van der Waals surface area contributed by atoms with E-state index in [2.05, 4.69) is 0 Å². The number of para-hydroxylation sites is 1. The largest absolute Gasteiger partial charge is 0.457 e. The van der Waals surface area contributed by atoms with E-state index in [1.807, 2.05) is 54.6 Å². The van der Waals surface area contributed by atoms with Gasteiger partial charge in [0.1, 0.15) is 18.2 Å². The van der Waals surface area contributed by atoms with E-state index in [1.165, 1.54) is 0 Å². The molecule has 0 spiro atoms. The molecule has 0 fully saturated rings. The van der Waals surface area contributed by atoms with Crippen LogP contribution in [0.3, 0.4) is 0 Å². The molecule has 0 radical (unpaired) electrons. The van der Waals surface area contributed by atoms with Crippen LogP contribution in [0.4, 0.5) is 10.1 Å². The number of rotatable bonds is 4. The van der Waals surface area contributed by atoms with Gasteiger partial charge in [-0.15, -0.1) is 0 Å². The summed E-state index contributed by atoms with van der Waals surface area (Å²) >= 11 is 0. The summed E-state index contributed by atoms with van der Waals surface area (Å²) in [5, 5.41) is 0. The lowest BCUT2D eigenvalue weighted by Crippen LogP contribution is -1.92. The molecule has 0 saturated carbocycles. The summed E-state index contributed by atoms with van der Waals surface area (Å²) in [7, 11) is 0. The topological polar surface area (TPSA) is 35.2 Å². The van der Waals surface area contributed by atoms with Gasteiger partial charge in [-0.25, -0.2) is 4.39 Å². The minimum absolute atomic E-state index is 0.488. The van der Waals surface area contributed by atoms with E-state index in [-0.39, 0.29) is 0 Å². The van der Waals surface area contributed by atoms with Gasteiger partial charge >= 0.3 is 0 Å². The predicted molar refractivity (Wildman–Crippen MR) is 87.6 cm³/mol. The minimum Gasteiger partial charge on any atom is -0.457 e. The molecule has 22 heavy (non-hydrogen) atoms. The second kappa shape index (κ2) is 6.31. The van der Waals surface area contributed by atoms with Gasteiger partial charge in [0.15, 0.2) is 0 Å². The first-order valence-electron chi connectivity index (χ1n) is 7.04. The molecule has 3 aromatic carbocycles. The Morgan fingerprint density at radius 2 is 1.59 bits per heavy atom. The highest BCUT2D eigenvalue weighted by Crippen LogP contribution is 2.34. The van der Waals surface area contributed by atoms with Crippen molar-refractivity contribution < 1.29 is 9.13 Å². The lowest BCUT2D eigenvalue weighted by molar-refractivity contribution is 0.469. The Bertz CT molecular complexity index is 771. The van der Waals surface area contributed by atoms with Gasteiger partial charge < -0.3 is 10.5 Å². The third-order valence-corrected chi connectivity index (χ3v) is 3.34. The van der Waals surface area contributed by atoms with Gasteiger partial charge in [0.2, 0.25) is 0 Å². The lowest BCUT2D eigenvalue weighted by atomic mass is 10.0. The van der Waals surface area contributed by atoms with Crippen molar-refractivity contribution >= 4 is 5.69 Å². The van der Waals surface area contributed by atoms with Crippen LogP contribution < -0.4 is 10.5 Å². The number of anilines is 1. The fourth-order valence-corrected chi connectivity index (χ4v) is 2.36. The highest BCUT2D eigenvalue weighted by Gasteiger charge is 2.08. The van der Waals surface area contributed by atoms with Crippen molar-refractivity contribution in [1.82, 2.24) is 0 Å². The van der Waals surface area contributed by atoms with Crippen molar-refractivity contribution in [3.05, 3.63) is 78.4 Å². The van der Waals surface area contributed by atoms with Crippen LogP contribution in [0.15, 0.2) is 72.8 Å². The molecule has 3 rings (SSSR count). The molecule has 0 aromatic heterocycles. The zero-order chi connectivity index (χ0) is 15.4. The second-order valence-corrected chi connectivity index (χ2v) is 5.01. The number of nitrogens with two attached hydrogens (primary N) is 1. The van der Waals surface area contributed by atoms with E-state index in [0.29, 0.717) is 22.7 Å². The summed E-state index contributed by atoms with van der Waals surface area (Å²) in [6.45, 7) is -0.568. The van der Waals surface area contributed by atoms with Crippen LogP contribution in [0.25, 0.3) is 11.1 Å². The zero-order valence-electron chi connectivity index (χ0n) is 12.0. The van der Waals surface area contributed by atoms with Gasteiger partial charge in [-0.3, -0.25) is 0 Å². The van der Waals surface area contributed by atoms with Gasteiger partial charge in [0.25, 0.3) is 0 Å². The molecule has 0 aliphatic rings. The number of hydrogen-bond acceptors (Lipinski definition) is 2. The van der Waals surface area contributed by atoms with Gasteiger partial charge in [-0.1, -0.05) is 48.5 Å². The number of benzene rings is 3. The van der Waals surface area contributed by atoms with Crippen molar-refractivity contribution in [2.75, 3.05) is 5.73 Å². The normalized spacial score (nSPS) is 10.4. The molecule has 0 bridgehead atoms. The second-order valence-electron chi connectivity index (χ2n) is 5.01. The summed E-state index contributed by atoms with van der Waals surface area (Å²) in [5.74, 6) is 1.25. The molecule has 0 aliphatic heterocycles. The molecular formula is C19H16FNO. The maximum atomic E-state index is 12.9. The third kappa shape index (κ3) is 3.09. The lowest BCUT2D eigenvalue weighted by Gasteiger charge is -2.12. The van der Waals surface area contributed by atoms with Crippen LogP contribution in [0.1, 0.15) is 5.56 Å². The molecular weight excluding hydrogens is 277 g/mol. The first-order valence-corrected chi connectivity index (χ1v) is 7.04. The van der Waals surface area contributed by atoms with Crippen molar-refractivity contribution in [3.63, 3.8) is 0 Å². The van der Waals surface area contributed by atoms with Crippen LogP contribution in [0.2, 0.25) is 0 Å². The average molecular weight is 293 g/mol. The molecule has 110 valence electrons. The van der Waals surface area contributed by atoms with Crippen molar-refractivity contribution in [1.29, 1.82) is 0 Å². The van der Waals surface area contributed by atoms with Crippen molar-refractivity contribution in [2.24, 2.45) is 0 Å². The minimum atomic E-state index is -0.568. The number of ether oxygens (including phenoxy) is 1. The molecule has 0 atom stereocenters. The first kappa shape index (κ1) is 14.1. The van der Waals surface area contributed by atoms with E-state index < -0.39 is 6.67 Å². The van der Waals surface area contributed by atoms with E-state index >= 15 is 0 Å². The van der Waals surface area contributed by atoms with Crippen LogP contribution >= 0.6 is 0 Å². The quantitative estimate of drug-likeness (QED) is 0.671. The molecule has 0 aliphatic carbocycles. The molecule has 0 unspecified atom stereocenters. The van der Waals surface area contributed by atoms with Gasteiger partial charge in [0, 0.05) is 17.3 Å². The SMILES string of the molecule is Nc1cc(CF)cc(Oc2ccccc2-c2ccccc2)c1. The highest BCUT2D eigenvalue weighted by atomic mass is 19.1. The van der Waals surface area contributed by atoms with Crippen LogP contribution in [0, 0.1) is 0 Å². The molecule has 0 heterocycles. The maximum Gasteiger partial charge on any atom is 0.135 e. The van der Waals surface area contributed by atoms with Crippen LogP contribution in [-0.2, 0) is 6.67 Å². The zero-order valence-corrected chi connectivity index (χ0v) is 12.0. The monoisotopic (exact) mass is 293 g/mol. The van der Waals surface area contributed by atoms with E-state index in [0.717, 1.165) is 11.1 Å². The Hall–Kier alpha value is -2.81. The molecule has 0 saturated heterocycles. The predicted octanol–water partition coefficient (Wildman–Crippen LogP) is 5.20. The van der Waals surface area contributed by atoms with Crippen LogP contribution in [-0.4, -0.2) is 0 Å². The average Bonchev–Trinajstić information content (AvgIpc) is 2.55. The summed E-state index contributed by atoms with van der Waals surface area (Å²) in [6.07, 6.45) is 0. The Morgan fingerprint density at radius 3 is 2.36 bits per heavy atom. The summed E-state index contributed by atoms with van der Waals surface area (Å²) in [6, 6.07) is 22.7. The van der Waals surface area contributed by atoms with Gasteiger partial charge in [-0.05, 0) is 29.3 Å². The maximum absolute atomic E-state index is 12.9. The molecule has 0 amide bonds. The van der Waals surface area contributed by atoms with Gasteiger partial charge in [-0.2, -0.15) is 0 Å². The van der Waals surface area contributed by atoms with E-state index in [4.69, 9.17) is 10.5 Å². The number of hydrogen-bond donors (Lipinski definition) is 1. The third-order valence-electron chi connectivity index (χ3n) is 3.34. The van der Waals surface area contributed by atoms with Crippen molar-refractivity contribution in [3.8, 4) is 22.6 Å². The number of halogens is 1. The fraction of sp³-hybridized carbons (Fsp3) is 0.0526. The number of nitrogen functional groups attached to an aromatic ring is 1. The molecule has 2 N–H and O–H groups in total. The Balaban J connectivity index is 1.98. The molecule has 3 aromatic rings. The standard InChI is InChI=1S/C19H16FNO/c20-13-14-10-16(21)12-17(11-14)22-19-9-5-4-8-18(19)15-6-2-1-3-7-15/h1-12H,13,21H2. The summed E-state index contributed by atoms with van der Waals surface area (Å²) < 4.78 is 18.8. The molecule has 3 heteroatoms. The number of alkyl halides is 1. The summed E-state index contributed by atoms with van der Waals surface area (Å²) in [4.78, 5) is 0. The van der Waals surface area contributed by atoms with Crippen LogP contribution in [0.5, 0.6) is 11.5 Å². The van der Waals surface area contributed by atoms with E-state index in [9.17, 15) is 4.39 Å².